The van der Waals surface area contributed by atoms with Gasteiger partial charge in [-0.1, -0.05) is 30.3 Å². The molecule has 0 aromatic heterocycles. The molecule has 0 unspecified atom stereocenters. The fourth-order valence-electron chi connectivity index (χ4n) is 1.65. The van der Waals surface area contributed by atoms with Crippen LogP contribution in [0.25, 0.3) is 0 Å². The van der Waals surface area contributed by atoms with Crippen LogP contribution >= 0.6 is 0 Å². The number of carbonyl (C=O) groups is 2. The fourth-order valence-corrected chi connectivity index (χ4v) is 1.65. The summed E-state index contributed by atoms with van der Waals surface area (Å²) in [6, 6.07) is 8.44. The third-order valence-electron chi connectivity index (χ3n) is 2.94. The van der Waals surface area contributed by atoms with Gasteiger partial charge in [0.2, 0.25) is 11.8 Å². The molecule has 0 aliphatic carbocycles. The van der Waals surface area contributed by atoms with E-state index in [1.54, 1.807) is 14.1 Å². The molecule has 0 radical (unpaired) electrons. The largest absolute Gasteiger partial charge is 0.347 e. The maximum Gasteiger partial charge on any atom is 0.244 e. The van der Waals surface area contributed by atoms with E-state index in [4.69, 9.17) is 5.73 Å². The van der Waals surface area contributed by atoms with Crippen molar-refractivity contribution in [3.8, 4) is 0 Å². The first-order valence-electron chi connectivity index (χ1n) is 6.26. The van der Waals surface area contributed by atoms with Crippen LogP contribution < -0.4 is 5.73 Å². The molecular formula is C14H21N3O2. The number of amides is 2. The monoisotopic (exact) mass is 263 g/mol. The molecule has 0 fully saturated rings. The van der Waals surface area contributed by atoms with Gasteiger partial charge in [-0.2, -0.15) is 0 Å². The third-order valence-corrected chi connectivity index (χ3v) is 2.94. The Morgan fingerprint density at radius 3 is 2.26 bits per heavy atom. The van der Waals surface area contributed by atoms with Gasteiger partial charge in [-0.05, 0) is 12.5 Å². The van der Waals surface area contributed by atoms with Gasteiger partial charge in [0.1, 0.15) is 6.04 Å². The van der Waals surface area contributed by atoms with Crippen molar-refractivity contribution in [2.45, 2.75) is 13.0 Å². The van der Waals surface area contributed by atoms with Gasteiger partial charge in [-0.25, -0.2) is 0 Å². The van der Waals surface area contributed by atoms with E-state index in [1.165, 1.54) is 9.80 Å². The Bertz CT molecular complexity index is 432. The number of nitrogens with zero attached hydrogens (tertiary/aromatic N) is 2. The Hall–Kier alpha value is -1.88. The van der Waals surface area contributed by atoms with Gasteiger partial charge in [-0.15, -0.1) is 0 Å². The van der Waals surface area contributed by atoms with E-state index in [9.17, 15) is 9.59 Å². The summed E-state index contributed by atoms with van der Waals surface area (Å²) in [4.78, 5) is 26.9. The molecule has 0 spiro atoms. The second-order valence-corrected chi connectivity index (χ2v) is 4.53. The summed E-state index contributed by atoms with van der Waals surface area (Å²) < 4.78 is 0. The maximum atomic E-state index is 12.3. The minimum absolute atomic E-state index is 0.0584. The van der Waals surface area contributed by atoms with Crippen LogP contribution in [0.1, 0.15) is 18.5 Å². The minimum Gasteiger partial charge on any atom is -0.347 e. The van der Waals surface area contributed by atoms with Crippen molar-refractivity contribution in [2.24, 2.45) is 5.73 Å². The summed E-state index contributed by atoms with van der Waals surface area (Å²) in [6.07, 6.45) is 0. The second kappa shape index (κ2) is 6.89. The average molecular weight is 263 g/mol. The SMILES string of the molecule is CCN(CC(=O)N(C)C)C(=O)[C@H](N)c1ccccc1. The third kappa shape index (κ3) is 4.06. The van der Waals surface area contributed by atoms with E-state index in [2.05, 4.69) is 0 Å². The van der Waals surface area contributed by atoms with Gasteiger partial charge in [0.05, 0.1) is 6.54 Å². The lowest BCUT2D eigenvalue weighted by atomic mass is 10.1. The van der Waals surface area contributed by atoms with Crippen molar-refractivity contribution in [2.75, 3.05) is 27.2 Å². The van der Waals surface area contributed by atoms with Crippen LogP contribution in [0.2, 0.25) is 0 Å². The summed E-state index contributed by atoms with van der Waals surface area (Å²) >= 11 is 0. The highest BCUT2D eigenvalue weighted by Gasteiger charge is 2.23. The molecule has 0 heterocycles. The van der Waals surface area contributed by atoms with Crippen LogP contribution in [0.3, 0.4) is 0 Å². The summed E-state index contributed by atoms with van der Waals surface area (Å²) in [5, 5.41) is 0. The van der Waals surface area contributed by atoms with Gasteiger partial charge >= 0.3 is 0 Å². The lowest BCUT2D eigenvalue weighted by molar-refractivity contribution is -0.139. The lowest BCUT2D eigenvalue weighted by Crippen LogP contribution is -2.44. The highest BCUT2D eigenvalue weighted by molar-refractivity contribution is 5.88. The van der Waals surface area contributed by atoms with Gasteiger partial charge < -0.3 is 15.5 Å². The molecular weight excluding hydrogens is 242 g/mol. The smallest absolute Gasteiger partial charge is 0.244 e. The summed E-state index contributed by atoms with van der Waals surface area (Å²) in [5.41, 5.74) is 6.70. The normalized spacial score (nSPS) is 11.8. The van der Waals surface area contributed by atoms with E-state index in [0.717, 1.165) is 5.56 Å². The van der Waals surface area contributed by atoms with E-state index in [0.29, 0.717) is 6.54 Å². The van der Waals surface area contributed by atoms with Crippen molar-refractivity contribution in [1.82, 2.24) is 9.80 Å². The highest BCUT2D eigenvalue weighted by Crippen LogP contribution is 2.12. The van der Waals surface area contributed by atoms with Crippen LogP contribution in [-0.4, -0.2) is 48.8 Å². The van der Waals surface area contributed by atoms with Crippen molar-refractivity contribution in [1.29, 1.82) is 0 Å². The molecule has 5 heteroatoms. The molecule has 0 saturated carbocycles. The number of carbonyl (C=O) groups excluding carboxylic acids is 2. The predicted octanol–water partition coefficient (Wildman–Crippen LogP) is 0.623. The lowest BCUT2D eigenvalue weighted by Gasteiger charge is -2.25. The molecule has 2 amide bonds. The van der Waals surface area contributed by atoms with E-state index < -0.39 is 6.04 Å². The summed E-state index contributed by atoms with van der Waals surface area (Å²) in [7, 11) is 3.33. The average Bonchev–Trinajstić information content (AvgIpc) is 2.43. The number of nitrogens with two attached hydrogens (primary N) is 1. The molecule has 0 aliphatic rings. The second-order valence-electron chi connectivity index (χ2n) is 4.53. The van der Waals surface area contributed by atoms with Crippen molar-refractivity contribution in [3.05, 3.63) is 35.9 Å². The number of hydrogen-bond acceptors (Lipinski definition) is 3. The number of hydrogen-bond donors (Lipinski definition) is 1. The van der Waals surface area contributed by atoms with Gasteiger partial charge in [0.25, 0.3) is 0 Å². The number of benzene rings is 1. The maximum absolute atomic E-state index is 12.3. The molecule has 0 bridgehead atoms. The molecule has 5 nitrogen and oxygen atoms in total. The van der Waals surface area contributed by atoms with E-state index in [-0.39, 0.29) is 18.4 Å². The first kappa shape index (κ1) is 15.2. The molecule has 0 aliphatic heterocycles. The zero-order valence-corrected chi connectivity index (χ0v) is 11.7. The molecule has 1 atom stereocenters. The van der Waals surface area contributed by atoms with Crippen molar-refractivity contribution < 1.29 is 9.59 Å². The van der Waals surface area contributed by atoms with Crippen molar-refractivity contribution >= 4 is 11.8 Å². The Labute approximate surface area is 114 Å². The van der Waals surface area contributed by atoms with Crippen LogP contribution in [0.5, 0.6) is 0 Å². The topological polar surface area (TPSA) is 66.6 Å². The molecule has 104 valence electrons. The Morgan fingerprint density at radius 1 is 1.21 bits per heavy atom. The molecule has 2 N–H and O–H groups in total. The molecule has 19 heavy (non-hydrogen) atoms. The number of likely N-dealkylation sites (N-methyl/N-ethyl adjacent to an activating group) is 2. The molecule has 1 aromatic rings. The standard InChI is InChI=1S/C14H21N3O2/c1-4-17(10-12(18)16(2)3)14(19)13(15)11-8-6-5-7-9-11/h5-9,13H,4,10,15H2,1-3H3/t13-/m1/s1. The first-order valence-corrected chi connectivity index (χ1v) is 6.26. The molecule has 1 rings (SSSR count). The summed E-state index contributed by atoms with van der Waals surface area (Å²) in [5.74, 6) is -0.348. The minimum atomic E-state index is -0.726. The van der Waals surface area contributed by atoms with Crippen LogP contribution in [0.15, 0.2) is 30.3 Å². The van der Waals surface area contributed by atoms with Gasteiger partial charge in [-0.3, -0.25) is 9.59 Å². The van der Waals surface area contributed by atoms with E-state index >= 15 is 0 Å². The van der Waals surface area contributed by atoms with Crippen LogP contribution in [0.4, 0.5) is 0 Å². The molecule has 1 aromatic carbocycles. The fraction of sp³-hybridized carbons (Fsp3) is 0.429. The predicted molar refractivity (Wildman–Crippen MR) is 74.3 cm³/mol. The quantitative estimate of drug-likeness (QED) is 0.847. The Morgan fingerprint density at radius 2 is 1.79 bits per heavy atom. The highest BCUT2D eigenvalue weighted by atomic mass is 16.2. The first-order chi connectivity index (χ1) is 8.97. The zero-order valence-electron chi connectivity index (χ0n) is 11.7. The Balaban J connectivity index is 2.76. The molecule has 0 saturated heterocycles. The van der Waals surface area contributed by atoms with Gasteiger partial charge in [0.15, 0.2) is 0 Å². The Kier molecular flexibility index (Phi) is 5.51. The van der Waals surface area contributed by atoms with E-state index in [1.807, 2.05) is 37.3 Å². The van der Waals surface area contributed by atoms with Gasteiger partial charge in [0, 0.05) is 20.6 Å². The van der Waals surface area contributed by atoms with Crippen molar-refractivity contribution in [3.63, 3.8) is 0 Å². The number of rotatable bonds is 5. The zero-order chi connectivity index (χ0) is 14.4. The summed E-state index contributed by atoms with van der Waals surface area (Å²) in [6.45, 7) is 2.35. The van der Waals surface area contributed by atoms with Crippen LogP contribution in [0, 0.1) is 0 Å². The van der Waals surface area contributed by atoms with Crippen LogP contribution in [-0.2, 0) is 9.59 Å².